The van der Waals surface area contributed by atoms with Crippen LogP contribution in [-0.4, -0.2) is 59.9 Å². The van der Waals surface area contributed by atoms with Crippen LogP contribution in [0.15, 0.2) is 48.5 Å². The molecule has 8 heteroatoms. The Morgan fingerprint density at radius 1 is 0.903 bits per heavy atom. The van der Waals surface area contributed by atoms with Gasteiger partial charge in [0.05, 0.1) is 23.7 Å². The van der Waals surface area contributed by atoms with E-state index in [1.807, 2.05) is 18.7 Å². The molecule has 1 fully saturated rings. The zero-order valence-electron chi connectivity index (χ0n) is 17.6. The lowest BCUT2D eigenvalue weighted by atomic mass is 10.1. The van der Waals surface area contributed by atoms with Gasteiger partial charge in [0.2, 0.25) is 11.8 Å². The van der Waals surface area contributed by atoms with Crippen molar-refractivity contribution < 1.29 is 14.0 Å². The first kappa shape index (κ1) is 22.4. The van der Waals surface area contributed by atoms with Crippen LogP contribution in [0.1, 0.15) is 19.4 Å². The van der Waals surface area contributed by atoms with Crippen LogP contribution in [0.4, 0.5) is 15.8 Å². The molecule has 1 aliphatic rings. The van der Waals surface area contributed by atoms with Crippen LogP contribution in [0.25, 0.3) is 0 Å². The number of nitrogens with one attached hydrogen (secondary N) is 2. The lowest BCUT2D eigenvalue weighted by Crippen LogP contribution is -2.56. The third-order valence-electron chi connectivity index (χ3n) is 5.55. The highest BCUT2D eigenvalue weighted by Crippen LogP contribution is 2.15. The zero-order valence-corrected chi connectivity index (χ0v) is 17.6. The van der Waals surface area contributed by atoms with Crippen LogP contribution < -0.4 is 10.6 Å². The molecular weight excluding hydrogens is 397 g/mol. The smallest absolute Gasteiger partial charge is 0.241 e. The topological polar surface area (TPSA) is 88.5 Å². The molecule has 162 valence electrons. The second-order valence-electron chi connectivity index (χ2n) is 7.61. The molecule has 2 amide bonds. The second kappa shape index (κ2) is 10.2. The zero-order chi connectivity index (χ0) is 22.4. The lowest BCUT2D eigenvalue weighted by Gasteiger charge is -2.39. The van der Waals surface area contributed by atoms with Crippen molar-refractivity contribution in [1.29, 1.82) is 5.26 Å². The molecule has 2 aromatic carbocycles. The van der Waals surface area contributed by atoms with Crippen LogP contribution >= 0.6 is 0 Å². The van der Waals surface area contributed by atoms with E-state index in [4.69, 9.17) is 5.26 Å². The molecular formula is C23H26FN5O2. The summed E-state index contributed by atoms with van der Waals surface area (Å²) in [6, 6.07) is 14.0. The first-order valence-electron chi connectivity index (χ1n) is 10.2. The number of amides is 2. The highest BCUT2D eigenvalue weighted by atomic mass is 19.1. The molecule has 0 radical (unpaired) electrons. The summed E-state index contributed by atoms with van der Waals surface area (Å²) in [5.74, 6) is -0.728. The van der Waals surface area contributed by atoms with Crippen molar-refractivity contribution in [2.75, 3.05) is 36.8 Å². The fraction of sp³-hybridized carbons (Fsp3) is 0.348. The van der Waals surface area contributed by atoms with E-state index in [0.717, 1.165) is 0 Å². The molecule has 2 aromatic rings. The maximum Gasteiger partial charge on any atom is 0.241 e. The van der Waals surface area contributed by atoms with E-state index in [-0.39, 0.29) is 23.9 Å². The van der Waals surface area contributed by atoms with Crippen LogP contribution in [0.3, 0.4) is 0 Å². The number of hydrogen-bond donors (Lipinski definition) is 2. The average molecular weight is 423 g/mol. The molecule has 0 bridgehead atoms. The van der Waals surface area contributed by atoms with Gasteiger partial charge in [0, 0.05) is 37.6 Å². The predicted octanol–water partition coefficient (Wildman–Crippen LogP) is 2.67. The Hall–Kier alpha value is -3.28. The van der Waals surface area contributed by atoms with Gasteiger partial charge in [-0.25, -0.2) is 4.39 Å². The number of carbonyl (C=O) groups excluding carboxylic acids is 2. The van der Waals surface area contributed by atoms with Gasteiger partial charge in [0.25, 0.3) is 0 Å². The SMILES string of the molecule is CC(C(=O)Nc1cccc(F)c1)N1CCN(C(C)C(=O)Nc2cccc(C#N)c2)CC1. The third kappa shape index (κ3) is 5.87. The first-order chi connectivity index (χ1) is 14.9. The Labute approximate surface area is 181 Å². The molecule has 1 aliphatic heterocycles. The molecule has 0 spiro atoms. The Balaban J connectivity index is 1.50. The van der Waals surface area contributed by atoms with E-state index >= 15 is 0 Å². The van der Waals surface area contributed by atoms with Crippen molar-refractivity contribution in [2.24, 2.45) is 0 Å². The van der Waals surface area contributed by atoms with Crippen molar-refractivity contribution in [1.82, 2.24) is 9.80 Å². The Bertz CT molecular complexity index is 982. The second-order valence-corrected chi connectivity index (χ2v) is 7.61. The van der Waals surface area contributed by atoms with E-state index in [1.165, 1.54) is 12.1 Å². The van der Waals surface area contributed by atoms with E-state index < -0.39 is 5.82 Å². The monoisotopic (exact) mass is 423 g/mol. The van der Waals surface area contributed by atoms with Gasteiger partial charge in [-0.15, -0.1) is 0 Å². The minimum absolute atomic E-state index is 0.138. The molecule has 0 aromatic heterocycles. The molecule has 0 saturated carbocycles. The summed E-state index contributed by atoms with van der Waals surface area (Å²) >= 11 is 0. The van der Waals surface area contributed by atoms with Gasteiger partial charge >= 0.3 is 0 Å². The summed E-state index contributed by atoms with van der Waals surface area (Å²) in [6.07, 6.45) is 0. The normalized spacial score (nSPS) is 16.7. The summed E-state index contributed by atoms with van der Waals surface area (Å²) in [5, 5.41) is 14.6. The molecule has 1 heterocycles. The maximum atomic E-state index is 13.3. The number of rotatable bonds is 6. The standard InChI is InChI=1S/C23H26FN5O2/c1-16(22(30)26-20-7-3-5-18(13-20)15-25)28-9-11-29(12-10-28)17(2)23(31)27-21-8-4-6-19(24)14-21/h3-8,13-14,16-17H,9-12H2,1-2H3,(H,26,30)(H,27,31). The highest BCUT2D eigenvalue weighted by Gasteiger charge is 2.29. The summed E-state index contributed by atoms with van der Waals surface area (Å²) < 4.78 is 13.3. The Morgan fingerprint density at radius 3 is 1.87 bits per heavy atom. The van der Waals surface area contributed by atoms with Gasteiger partial charge < -0.3 is 10.6 Å². The van der Waals surface area contributed by atoms with Crippen LogP contribution in [-0.2, 0) is 9.59 Å². The van der Waals surface area contributed by atoms with E-state index in [0.29, 0.717) is 43.1 Å². The van der Waals surface area contributed by atoms with Crippen molar-refractivity contribution >= 4 is 23.2 Å². The molecule has 2 atom stereocenters. The molecule has 2 N–H and O–H groups in total. The fourth-order valence-electron chi connectivity index (χ4n) is 3.57. The van der Waals surface area contributed by atoms with Crippen molar-refractivity contribution in [3.05, 3.63) is 59.9 Å². The van der Waals surface area contributed by atoms with E-state index in [1.54, 1.807) is 36.4 Å². The Morgan fingerprint density at radius 2 is 1.39 bits per heavy atom. The molecule has 1 saturated heterocycles. The molecule has 31 heavy (non-hydrogen) atoms. The van der Waals surface area contributed by atoms with Gasteiger partial charge in [-0.2, -0.15) is 5.26 Å². The van der Waals surface area contributed by atoms with Gasteiger partial charge in [0.1, 0.15) is 5.82 Å². The third-order valence-corrected chi connectivity index (χ3v) is 5.55. The summed E-state index contributed by atoms with van der Waals surface area (Å²) in [6.45, 7) is 6.23. The van der Waals surface area contributed by atoms with Gasteiger partial charge in [0.15, 0.2) is 0 Å². The summed E-state index contributed by atoms with van der Waals surface area (Å²) in [5.41, 5.74) is 1.52. The molecule has 3 rings (SSSR count). The van der Waals surface area contributed by atoms with Crippen molar-refractivity contribution in [3.8, 4) is 6.07 Å². The van der Waals surface area contributed by atoms with E-state index in [2.05, 4.69) is 21.6 Å². The van der Waals surface area contributed by atoms with Crippen molar-refractivity contribution in [2.45, 2.75) is 25.9 Å². The highest BCUT2D eigenvalue weighted by molar-refractivity contribution is 5.95. The summed E-state index contributed by atoms with van der Waals surface area (Å²) in [7, 11) is 0. The van der Waals surface area contributed by atoms with Gasteiger partial charge in [-0.05, 0) is 50.2 Å². The predicted molar refractivity (Wildman–Crippen MR) is 117 cm³/mol. The number of halogens is 1. The number of piperazine rings is 1. The number of hydrogen-bond acceptors (Lipinski definition) is 5. The van der Waals surface area contributed by atoms with E-state index in [9.17, 15) is 14.0 Å². The average Bonchev–Trinajstić information content (AvgIpc) is 2.78. The number of benzene rings is 2. The molecule has 7 nitrogen and oxygen atoms in total. The van der Waals surface area contributed by atoms with Gasteiger partial charge in [-0.3, -0.25) is 19.4 Å². The first-order valence-corrected chi connectivity index (χ1v) is 10.2. The maximum absolute atomic E-state index is 13.3. The number of carbonyl (C=O) groups is 2. The Kier molecular flexibility index (Phi) is 7.34. The number of nitriles is 1. The van der Waals surface area contributed by atoms with Crippen LogP contribution in [0.2, 0.25) is 0 Å². The molecule has 0 aliphatic carbocycles. The van der Waals surface area contributed by atoms with Gasteiger partial charge in [-0.1, -0.05) is 12.1 Å². The van der Waals surface area contributed by atoms with Crippen LogP contribution in [0, 0.1) is 17.1 Å². The summed E-state index contributed by atoms with van der Waals surface area (Å²) in [4.78, 5) is 29.3. The minimum atomic E-state index is -0.398. The minimum Gasteiger partial charge on any atom is -0.325 e. The van der Waals surface area contributed by atoms with Crippen molar-refractivity contribution in [3.63, 3.8) is 0 Å². The van der Waals surface area contributed by atoms with Crippen LogP contribution in [0.5, 0.6) is 0 Å². The quantitative estimate of drug-likeness (QED) is 0.746. The largest absolute Gasteiger partial charge is 0.325 e. The number of anilines is 2. The number of nitrogens with zero attached hydrogens (tertiary/aromatic N) is 3. The molecule has 2 unspecified atom stereocenters. The fourth-order valence-corrected chi connectivity index (χ4v) is 3.57. The lowest BCUT2D eigenvalue weighted by molar-refractivity contribution is -0.124.